The fourth-order valence-electron chi connectivity index (χ4n) is 3.29. The summed E-state index contributed by atoms with van der Waals surface area (Å²) in [6.07, 6.45) is 3.92. The van der Waals surface area contributed by atoms with Gasteiger partial charge in [-0.1, -0.05) is 64.8 Å². The summed E-state index contributed by atoms with van der Waals surface area (Å²) in [5.74, 6) is 0. The first-order chi connectivity index (χ1) is 12.6. The molecule has 1 aromatic heterocycles. The maximum Gasteiger partial charge on any atom is 0.0475 e. The molecule has 0 atom stereocenters. The average Bonchev–Trinajstić information content (AvgIpc) is 3.06. The van der Waals surface area contributed by atoms with Crippen molar-refractivity contribution in [3.05, 3.63) is 93.0 Å². The number of rotatable bonds is 4. The number of aryl methyl sites for hydroxylation is 1. The van der Waals surface area contributed by atoms with E-state index in [-0.39, 0.29) is 0 Å². The molecule has 1 N–H and O–H groups in total. The van der Waals surface area contributed by atoms with Gasteiger partial charge in [-0.3, -0.25) is 0 Å². The number of benzene rings is 3. The van der Waals surface area contributed by atoms with Crippen LogP contribution >= 0.6 is 27.5 Å². The Morgan fingerprint density at radius 1 is 1.04 bits per heavy atom. The lowest BCUT2D eigenvalue weighted by Crippen LogP contribution is -1.94. The van der Waals surface area contributed by atoms with Gasteiger partial charge in [0.1, 0.15) is 0 Å². The summed E-state index contributed by atoms with van der Waals surface area (Å²) in [5, 5.41) is 1.92. The Kier molecular flexibility index (Phi) is 4.88. The lowest BCUT2D eigenvalue weighted by molar-refractivity contribution is 1.12. The maximum absolute atomic E-state index is 6.14. The Morgan fingerprint density at radius 3 is 2.62 bits per heavy atom. The van der Waals surface area contributed by atoms with Crippen LogP contribution in [0.3, 0.4) is 0 Å². The zero-order valence-electron chi connectivity index (χ0n) is 14.4. The molecule has 3 aromatic carbocycles. The second kappa shape index (κ2) is 7.30. The van der Waals surface area contributed by atoms with Crippen molar-refractivity contribution in [3.8, 4) is 11.1 Å². The molecule has 0 aliphatic rings. The standard InChI is InChI=1S/C23H18BrClN/c1-2-15-3-6-17(11-16-4-7-18(24)8-5-16)21(12-15)22-14-26-23-13-19(25)9-10-20(22)23/h3-10,13-14,26H,2,11H2,1H3. The van der Waals surface area contributed by atoms with Gasteiger partial charge in [0.2, 0.25) is 0 Å². The van der Waals surface area contributed by atoms with E-state index in [0.717, 1.165) is 27.9 Å². The molecule has 1 heterocycles. The Labute approximate surface area is 167 Å². The van der Waals surface area contributed by atoms with Crippen LogP contribution in [0.4, 0.5) is 0 Å². The SMILES string of the molecule is CCc1[c]c(-c2c[nH]c3cc(Cl)ccc23)c(Cc2ccc(Br)cc2)cc1. The van der Waals surface area contributed by atoms with Crippen LogP contribution in [0.15, 0.2) is 65.3 Å². The molecule has 4 aromatic rings. The van der Waals surface area contributed by atoms with E-state index in [1.807, 2.05) is 12.1 Å². The maximum atomic E-state index is 6.14. The van der Waals surface area contributed by atoms with Crippen molar-refractivity contribution in [2.75, 3.05) is 0 Å². The van der Waals surface area contributed by atoms with E-state index >= 15 is 0 Å². The summed E-state index contributed by atoms with van der Waals surface area (Å²) in [4.78, 5) is 3.35. The largest absolute Gasteiger partial charge is 0.360 e. The predicted molar refractivity (Wildman–Crippen MR) is 114 cm³/mol. The van der Waals surface area contributed by atoms with Crippen LogP contribution < -0.4 is 0 Å². The molecule has 0 unspecified atom stereocenters. The van der Waals surface area contributed by atoms with Crippen molar-refractivity contribution >= 4 is 38.4 Å². The van der Waals surface area contributed by atoms with Crippen LogP contribution in [0.25, 0.3) is 22.0 Å². The molecule has 0 aliphatic carbocycles. The first kappa shape index (κ1) is 17.4. The highest BCUT2D eigenvalue weighted by Crippen LogP contribution is 2.34. The summed E-state index contributed by atoms with van der Waals surface area (Å²) in [5.41, 5.74) is 7.19. The number of H-pyrrole nitrogens is 1. The summed E-state index contributed by atoms with van der Waals surface area (Å²) in [7, 11) is 0. The topological polar surface area (TPSA) is 15.8 Å². The molecule has 4 rings (SSSR count). The van der Waals surface area contributed by atoms with Gasteiger partial charge >= 0.3 is 0 Å². The number of halogens is 2. The third-order valence-corrected chi connectivity index (χ3v) is 5.46. The molecule has 129 valence electrons. The minimum absolute atomic E-state index is 0.743. The molecule has 1 radical (unpaired) electrons. The molecule has 0 fully saturated rings. The first-order valence-corrected chi connectivity index (χ1v) is 9.86. The zero-order chi connectivity index (χ0) is 18.1. The van der Waals surface area contributed by atoms with E-state index in [9.17, 15) is 0 Å². The average molecular weight is 424 g/mol. The fraction of sp³-hybridized carbons (Fsp3) is 0.130. The summed E-state index contributed by atoms with van der Waals surface area (Å²) in [6.45, 7) is 2.17. The smallest absolute Gasteiger partial charge is 0.0475 e. The Balaban J connectivity index is 1.83. The second-order valence-corrected chi connectivity index (χ2v) is 7.78. The minimum Gasteiger partial charge on any atom is -0.360 e. The van der Waals surface area contributed by atoms with Crippen molar-refractivity contribution in [2.24, 2.45) is 0 Å². The van der Waals surface area contributed by atoms with E-state index in [2.05, 4.69) is 82.6 Å². The third-order valence-electron chi connectivity index (χ3n) is 4.69. The van der Waals surface area contributed by atoms with Crippen molar-refractivity contribution in [1.29, 1.82) is 0 Å². The van der Waals surface area contributed by atoms with E-state index in [4.69, 9.17) is 11.6 Å². The Bertz CT molecular complexity index is 1060. The fourth-order valence-corrected chi connectivity index (χ4v) is 3.72. The third kappa shape index (κ3) is 3.44. The van der Waals surface area contributed by atoms with Gasteiger partial charge in [-0.15, -0.1) is 0 Å². The van der Waals surface area contributed by atoms with Gasteiger partial charge in [0.05, 0.1) is 0 Å². The van der Waals surface area contributed by atoms with Crippen LogP contribution in [0, 0.1) is 6.07 Å². The first-order valence-electron chi connectivity index (χ1n) is 8.69. The highest BCUT2D eigenvalue weighted by molar-refractivity contribution is 9.10. The Morgan fingerprint density at radius 2 is 1.85 bits per heavy atom. The van der Waals surface area contributed by atoms with Gasteiger partial charge in [0, 0.05) is 32.2 Å². The number of aromatic nitrogens is 1. The van der Waals surface area contributed by atoms with Gasteiger partial charge in [-0.05, 0) is 65.4 Å². The van der Waals surface area contributed by atoms with Crippen molar-refractivity contribution in [3.63, 3.8) is 0 Å². The highest BCUT2D eigenvalue weighted by Gasteiger charge is 2.12. The summed E-state index contributed by atoms with van der Waals surface area (Å²) in [6, 6.07) is 22.6. The number of fused-ring (bicyclic) bond motifs is 1. The zero-order valence-corrected chi connectivity index (χ0v) is 16.8. The summed E-state index contributed by atoms with van der Waals surface area (Å²) >= 11 is 9.65. The van der Waals surface area contributed by atoms with Gasteiger partial charge in [0.15, 0.2) is 0 Å². The van der Waals surface area contributed by atoms with Gasteiger partial charge < -0.3 is 4.98 Å². The lowest BCUT2D eigenvalue weighted by atomic mass is 9.92. The van der Waals surface area contributed by atoms with Crippen LogP contribution in [-0.2, 0) is 12.8 Å². The molecular formula is C23H18BrClN. The number of nitrogens with one attached hydrogen (secondary N) is 1. The molecule has 1 nitrogen and oxygen atoms in total. The van der Waals surface area contributed by atoms with Gasteiger partial charge in [-0.25, -0.2) is 0 Å². The van der Waals surface area contributed by atoms with E-state index in [1.165, 1.54) is 33.2 Å². The molecular weight excluding hydrogens is 406 g/mol. The van der Waals surface area contributed by atoms with Crippen LogP contribution in [0.1, 0.15) is 23.6 Å². The van der Waals surface area contributed by atoms with Crippen LogP contribution in [-0.4, -0.2) is 4.98 Å². The predicted octanol–water partition coefficient (Wildman–Crippen LogP) is 7.20. The van der Waals surface area contributed by atoms with Crippen molar-refractivity contribution < 1.29 is 0 Å². The molecule has 0 saturated heterocycles. The van der Waals surface area contributed by atoms with E-state index in [1.54, 1.807) is 0 Å². The van der Waals surface area contributed by atoms with E-state index in [0.29, 0.717) is 0 Å². The molecule has 0 saturated carbocycles. The van der Waals surface area contributed by atoms with Crippen LogP contribution in [0.5, 0.6) is 0 Å². The molecule has 3 heteroatoms. The molecule has 0 aliphatic heterocycles. The molecule has 0 amide bonds. The summed E-state index contributed by atoms with van der Waals surface area (Å²) < 4.78 is 1.10. The Hall–Kier alpha value is -2.03. The number of hydrogen-bond acceptors (Lipinski definition) is 0. The number of aromatic amines is 1. The second-order valence-electron chi connectivity index (χ2n) is 6.43. The van der Waals surface area contributed by atoms with Crippen molar-refractivity contribution in [2.45, 2.75) is 19.8 Å². The van der Waals surface area contributed by atoms with Gasteiger partial charge in [-0.2, -0.15) is 0 Å². The highest BCUT2D eigenvalue weighted by atomic mass is 79.9. The molecule has 0 bridgehead atoms. The van der Waals surface area contributed by atoms with Gasteiger partial charge in [0.25, 0.3) is 0 Å². The van der Waals surface area contributed by atoms with Crippen LogP contribution in [0.2, 0.25) is 5.02 Å². The monoisotopic (exact) mass is 422 g/mol. The lowest BCUT2D eigenvalue weighted by Gasteiger charge is -2.11. The van der Waals surface area contributed by atoms with E-state index < -0.39 is 0 Å². The molecule has 26 heavy (non-hydrogen) atoms. The quantitative estimate of drug-likeness (QED) is 0.357. The number of hydrogen-bond donors (Lipinski definition) is 1. The van der Waals surface area contributed by atoms with Crippen molar-refractivity contribution in [1.82, 2.24) is 4.98 Å². The minimum atomic E-state index is 0.743. The normalized spacial score (nSPS) is 11.2. The molecule has 0 spiro atoms.